The van der Waals surface area contributed by atoms with Gasteiger partial charge in [0.15, 0.2) is 0 Å². The Labute approximate surface area is 146 Å². The number of carbonyl (C=O) groups is 2. The van der Waals surface area contributed by atoms with Crippen molar-refractivity contribution in [3.8, 4) is 5.75 Å². The van der Waals surface area contributed by atoms with Gasteiger partial charge in [0.1, 0.15) is 12.4 Å². The Morgan fingerprint density at radius 2 is 1.96 bits per heavy atom. The zero-order valence-electron chi connectivity index (χ0n) is 13.9. The predicted octanol–water partition coefficient (Wildman–Crippen LogP) is 2.97. The lowest BCUT2D eigenvalue weighted by atomic mass is 10.2. The molecule has 0 saturated carbocycles. The zero-order chi connectivity index (χ0) is 18.1. The number of amides is 2. The molecule has 2 amide bonds. The maximum Gasteiger partial charge on any atom is 0.271 e. The van der Waals surface area contributed by atoms with Gasteiger partial charge in [-0.05, 0) is 48.0 Å². The average Bonchev–Trinajstić information content (AvgIpc) is 2.60. The SMILES string of the molecule is C=CCOc1ccc(/C=N\NC(=O)c2cccc(NC(C)=O)c2)cc1. The molecule has 2 aromatic carbocycles. The van der Waals surface area contributed by atoms with E-state index in [1.165, 1.54) is 13.1 Å². The van der Waals surface area contributed by atoms with Crippen molar-refractivity contribution in [3.63, 3.8) is 0 Å². The molecule has 0 unspecified atom stereocenters. The Kier molecular flexibility index (Phi) is 6.47. The third-order valence-corrected chi connectivity index (χ3v) is 3.07. The summed E-state index contributed by atoms with van der Waals surface area (Å²) in [5.41, 5.74) is 4.22. The van der Waals surface area contributed by atoms with E-state index in [9.17, 15) is 9.59 Å². The van der Waals surface area contributed by atoms with Gasteiger partial charge in [-0.1, -0.05) is 18.7 Å². The number of nitrogens with one attached hydrogen (secondary N) is 2. The Morgan fingerprint density at radius 3 is 2.64 bits per heavy atom. The molecule has 128 valence electrons. The summed E-state index contributed by atoms with van der Waals surface area (Å²) in [7, 11) is 0. The van der Waals surface area contributed by atoms with Crippen molar-refractivity contribution in [2.24, 2.45) is 5.10 Å². The summed E-state index contributed by atoms with van der Waals surface area (Å²) in [6.07, 6.45) is 3.21. The number of hydrogen-bond donors (Lipinski definition) is 2. The van der Waals surface area contributed by atoms with E-state index in [0.717, 1.165) is 11.3 Å². The summed E-state index contributed by atoms with van der Waals surface area (Å²) >= 11 is 0. The fraction of sp³-hybridized carbons (Fsp3) is 0.105. The lowest BCUT2D eigenvalue weighted by molar-refractivity contribution is -0.114. The van der Waals surface area contributed by atoms with E-state index in [4.69, 9.17) is 4.74 Å². The standard InChI is InChI=1S/C19H19N3O3/c1-3-11-25-18-9-7-15(8-10-18)13-20-22-19(24)16-5-4-6-17(12-16)21-14(2)23/h3-10,12-13H,1,11H2,2H3,(H,21,23)(H,22,24)/b20-13-. The van der Waals surface area contributed by atoms with E-state index in [-0.39, 0.29) is 11.8 Å². The van der Waals surface area contributed by atoms with Crippen molar-refractivity contribution in [2.45, 2.75) is 6.92 Å². The van der Waals surface area contributed by atoms with E-state index >= 15 is 0 Å². The van der Waals surface area contributed by atoms with E-state index in [1.54, 1.807) is 30.3 Å². The van der Waals surface area contributed by atoms with Gasteiger partial charge in [0, 0.05) is 18.2 Å². The van der Waals surface area contributed by atoms with Gasteiger partial charge in [0.2, 0.25) is 5.91 Å². The molecular weight excluding hydrogens is 318 g/mol. The van der Waals surface area contributed by atoms with Crippen LogP contribution in [0.15, 0.2) is 66.3 Å². The van der Waals surface area contributed by atoms with Gasteiger partial charge < -0.3 is 10.1 Å². The molecule has 0 spiro atoms. The van der Waals surface area contributed by atoms with Crippen molar-refractivity contribution in [3.05, 3.63) is 72.3 Å². The quantitative estimate of drug-likeness (QED) is 0.463. The smallest absolute Gasteiger partial charge is 0.271 e. The first kappa shape index (κ1) is 17.9. The minimum atomic E-state index is -0.366. The number of benzene rings is 2. The molecule has 2 aromatic rings. The largest absolute Gasteiger partial charge is 0.490 e. The number of hydrogen-bond acceptors (Lipinski definition) is 4. The molecule has 0 bridgehead atoms. The third-order valence-electron chi connectivity index (χ3n) is 3.07. The second-order valence-corrected chi connectivity index (χ2v) is 5.13. The van der Waals surface area contributed by atoms with Crippen LogP contribution in [0.5, 0.6) is 5.75 Å². The van der Waals surface area contributed by atoms with Crippen LogP contribution in [0.25, 0.3) is 0 Å². The van der Waals surface area contributed by atoms with E-state index < -0.39 is 0 Å². The molecule has 0 aliphatic rings. The summed E-state index contributed by atoms with van der Waals surface area (Å²) in [5.74, 6) is 0.168. The van der Waals surface area contributed by atoms with E-state index in [2.05, 4.69) is 22.4 Å². The summed E-state index contributed by atoms with van der Waals surface area (Å²) in [6, 6.07) is 13.9. The monoisotopic (exact) mass is 337 g/mol. The van der Waals surface area contributed by atoms with E-state index in [1.807, 2.05) is 24.3 Å². The number of anilines is 1. The summed E-state index contributed by atoms with van der Waals surface area (Å²) in [5, 5.41) is 6.56. The van der Waals surface area contributed by atoms with Crippen LogP contribution in [0.2, 0.25) is 0 Å². The van der Waals surface area contributed by atoms with Crippen LogP contribution in [0, 0.1) is 0 Å². The van der Waals surface area contributed by atoms with Crippen molar-refractivity contribution >= 4 is 23.7 Å². The molecule has 0 fully saturated rings. The molecule has 25 heavy (non-hydrogen) atoms. The lowest BCUT2D eigenvalue weighted by Crippen LogP contribution is -2.18. The van der Waals surface area contributed by atoms with Gasteiger partial charge in [0.25, 0.3) is 5.91 Å². The fourth-order valence-electron chi connectivity index (χ4n) is 1.98. The van der Waals surface area contributed by atoms with Crippen LogP contribution in [0.4, 0.5) is 5.69 Å². The van der Waals surface area contributed by atoms with Crippen LogP contribution in [0.1, 0.15) is 22.8 Å². The van der Waals surface area contributed by atoms with E-state index in [0.29, 0.717) is 17.9 Å². The highest BCUT2D eigenvalue weighted by Crippen LogP contribution is 2.12. The molecule has 6 heteroatoms. The number of rotatable bonds is 7. The molecule has 0 aromatic heterocycles. The molecule has 2 rings (SSSR count). The second kappa shape index (κ2) is 9.02. The maximum atomic E-state index is 12.1. The van der Waals surface area contributed by atoms with Gasteiger partial charge in [-0.25, -0.2) is 5.43 Å². The van der Waals surface area contributed by atoms with Gasteiger partial charge in [-0.15, -0.1) is 0 Å². The highest BCUT2D eigenvalue weighted by molar-refractivity contribution is 5.97. The predicted molar refractivity (Wildman–Crippen MR) is 97.9 cm³/mol. The molecule has 0 atom stereocenters. The summed E-state index contributed by atoms with van der Waals surface area (Å²) in [6.45, 7) is 5.44. The van der Waals surface area contributed by atoms with Crippen LogP contribution >= 0.6 is 0 Å². The topological polar surface area (TPSA) is 79.8 Å². The Hall–Kier alpha value is -3.41. The molecule has 0 aliphatic heterocycles. The van der Waals surface area contributed by atoms with Crippen molar-refractivity contribution < 1.29 is 14.3 Å². The highest BCUT2D eigenvalue weighted by atomic mass is 16.5. The van der Waals surface area contributed by atoms with Gasteiger partial charge in [-0.2, -0.15) is 5.10 Å². The van der Waals surface area contributed by atoms with Crippen LogP contribution in [-0.4, -0.2) is 24.6 Å². The highest BCUT2D eigenvalue weighted by Gasteiger charge is 2.05. The van der Waals surface area contributed by atoms with Crippen molar-refractivity contribution in [1.82, 2.24) is 5.43 Å². The van der Waals surface area contributed by atoms with Gasteiger partial charge in [-0.3, -0.25) is 9.59 Å². The van der Waals surface area contributed by atoms with Crippen LogP contribution in [0.3, 0.4) is 0 Å². The molecule has 2 N–H and O–H groups in total. The molecule has 0 heterocycles. The zero-order valence-corrected chi connectivity index (χ0v) is 13.9. The fourth-order valence-corrected chi connectivity index (χ4v) is 1.98. The number of nitrogens with zero attached hydrogens (tertiary/aromatic N) is 1. The Balaban J connectivity index is 1.93. The van der Waals surface area contributed by atoms with Gasteiger partial charge in [0.05, 0.1) is 6.21 Å². The number of ether oxygens (including phenoxy) is 1. The first-order chi connectivity index (χ1) is 12.1. The molecular formula is C19H19N3O3. The van der Waals surface area contributed by atoms with Crippen molar-refractivity contribution in [2.75, 3.05) is 11.9 Å². The average molecular weight is 337 g/mol. The molecule has 0 aliphatic carbocycles. The number of hydrazone groups is 1. The van der Waals surface area contributed by atoms with Crippen LogP contribution < -0.4 is 15.5 Å². The Morgan fingerprint density at radius 1 is 1.20 bits per heavy atom. The normalized spacial score (nSPS) is 10.3. The first-order valence-electron chi connectivity index (χ1n) is 7.63. The molecule has 6 nitrogen and oxygen atoms in total. The minimum Gasteiger partial charge on any atom is -0.490 e. The third kappa shape index (κ3) is 5.95. The van der Waals surface area contributed by atoms with Gasteiger partial charge >= 0.3 is 0 Å². The van der Waals surface area contributed by atoms with Crippen LogP contribution in [-0.2, 0) is 4.79 Å². The minimum absolute atomic E-state index is 0.198. The first-order valence-corrected chi connectivity index (χ1v) is 7.63. The molecule has 0 saturated heterocycles. The second-order valence-electron chi connectivity index (χ2n) is 5.13. The summed E-state index contributed by atoms with van der Waals surface area (Å²) < 4.78 is 5.39. The lowest BCUT2D eigenvalue weighted by Gasteiger charge is -2.05. The van der Waals surface area contributed by atoms with Crippen molar-refractivity contribution in [1.29, 1.82) is 0 Å². The summed E-state index contributed by atoms with van der Waals surface area (Å²) in [4.78, 5) is 23.1. The molecule has 0 radical (unpaired) electrons. The number of carbonyl (C=O) groups excluding carboxylic acids is 2. The Bertz CT molecular complexity index is 783. The maximum absolute atomic E-state index is 12.1.